The van der Waals surface area contributed by atoms with E-state index < -0.39 is 0 Å². The van der Waals surface area contributed by atoms with Gasteiger partial charge in [0.2, 0.25) is 0 Å². The predicted octanol–water partition coefficient (Wildman–Crippen LogP) is -0.551. The summed E-state index contributed by atoms with van der Waals surface area (Å²) in [4.78, 5) is 10.8. The molecular weight excluding hydrogens is 295 g/mol. The van der Waals surface area contributed by atoms with Crippen molar-refractivity contribution in [2.45, 2.75) is 0 Å². The van der Waals surface area contributed by atoms with Crippen molar-refractivity contribution in [3.63, 3.8) is 0 Å². The van der Waals surface area contributed by atoms with Crippen molar-refractivity contribution in [3.8, 4) is 0 Å². The Labute approximate surface area is 99.9 Å². The summed E-state index contributed by atoms with van der Waals surface area (Å²) in [5.41, 5.74) is 0. The summed E-state index contributed by atoms with van der Waals surface area (Å²) in [5, 5.41) is 6.51. The first-order valence-corrected chi connectivity index (χ1v) is 5.44. The molecule has 0 unspecified atom stereocenters. The summed E-state index contributed by atoms with van der Waals surface area (Å²) in [5.74, 6) is 1.06. The third-order valence-corrected chi connectivity index (χ3v) is 1.32. The molecule has 13 heavy (non-hydrogen) atoms. The van der Waals surface area contributed by atoms with E-state index in [1.54, 1.807) is 0 Å². The van der Waals surface area contributed by atoms with Crippen molar-refractivity contribution in [1.82, 2.24) is 5.32 Å². The van der Waals surface area contributed by atoms with E-state index in [1.165, 1.54) is 0 Å². The normalized spacial score (nSPS) is 8.38. The van der Waals surface area contributed by atoms with Gasteiger partial charge in [-0.25, -0.2) is 0 Å². The van der Waals surface area contributed by atoms with Crippen molar-refractivity contribution in [2.24, 2.45) is 0 Å². The summed E-state index contributed by atoms with van der Waals surface area (Å²) in [6.07, 6.45) is 0. The molecule has 0 aliphatic heterocycles. The summed E-state index contributed by atoms with van der Waals surface area (Å²) in [6, 6.07) is 0. The molecule has 0 saturated carbocycles. The molecule has 0 aromatic rings. The van der Waals surface area contributed by atoms with E-state index in [1.807, 2.05) is 0 Å². The molecule has 0 atom stereocenters. The molecule has 0 aliphatic carbocycles. The van der Waals surface area contributed by atoms with E-state index in [0.29, 0.717) is 24.6 Å². The number of hydrogen-bond donors (Lipinski definition) is 1. The minimum absolute atomic E-state index is 0.0710. The Bertz CT molecular complexity index is 129. The van der Waals surface area contributed by atoms with Gasteiger partial charge in [-0.2, -0.15) is 18.1 Å². The van der Waals surface area contributed by atoms with Crippen molar-refractivity contribution in [3.05, 3.63) is 5.32 Å². The number of nitrogens with zero attached hydrogens (tertiary/aromatic N) is 1. The van der Waals surface area contributed by atoms with Crippen LogP contribution >= 0.6 is 0 Å². The molecule has 0 radical (unpaired) electrons. The zero-order chi connectivity index (χ0) is 10.5. The molecule has 76 valence electrons. The first-order chi connectivity index (χ1) is 6.31. The zero-order valence-electron chi connectivity index (χ0n) is 6.99. The van der Waals surface area contributed by atoms with E-state index in [9.17, 15) is 4.79 Å². The Morgan fingerprint density at radius 3 is 2.38 bits per heavy atom. The van der Waals surface area contributed by atoms with Crippen LogP contribution in [0.1, 0.15) is 0 Å². The SMILES string of the molecule is O=C(C[N-]CC[S-])NCC[S-].[O]=[99Tc+3]. The van der Waals surface area contributed by atoms with Crippen LogP contribution in [0.5, 0.6) is 0 Å². The topological polar surface area (TPSA) is 60.3 Å². The van der Waals surface area contributed by atoms with E-state index in [0.717, 1.165) is 18.9 Å². The maximum absolute atomic E-state index is 10.8. The molecule has 0 bridgehead atoms. The summed E-state index contributed by atoms with van der Waals surface area (Å²) in [7, 11) is 0. The van der Waals surface area contributed by atoms with E-state index >= 15 is 0 Å². The van der Waals surface area contributed by atoms with E-state index in [-0.39, 0.29) is 12.5 Å². The molecular formula is C6H11N2O2S2Tc. The third kappa shape index (κ3) is 15.3. The average Bonchev–Trinajstić information content (AvgIpc) is 2.18. The van der Waals surface area contributed by atoms with Crippen LogP contribution in [0, 0.1) is 0 Å². The molecule has 4 nitrogen and oxygen atoms in total. The standard InChI is InChI=1S/C6H13N2OS2.O.Tc/c9-6(8-2-4-11)5-7-1-3-10;;/h10-11H,1-5H2,(H,8,9);;/q-1;;+3/p-2/i;;1+1. The summed E-state index contributed by atoms with van der Waals surface area (Å²) in [6.45, 7) is 1.35. The van der Waals surface area contributed by atoms with Crippen LogP contribution in [0.15, 0.2) is 0 Å². The monoisotopic (exact) mass is 306 g/mol. The second kappa shape index (κ2) is 15.1. The van der Waals surface area contributed by atoms with Gasteiger partial charge in [-0.05, 0) is 6.54 Å². The first kappa shape index (κ1) is 16.0. The van der Waals surface area contributed by atoms with Crippen LogP contribution in [-0.2, 0) is 52.4 Å². The molecule has 1 N–H and O–H groups in total. The summed E-state index contributed by atoms with van der Waals surface area (Å²) >= 11 is 10.2. The Kier molecular flexibility index (Phi) is 18.6. The third-order valence-electron chi connectivity index (χ3n) is 0.929. The molecule has 0 heterocycles. The fourth-order valence-corrected chi connectivity index (χ4v) is 0.723. The van der Waals surface area contributed by atoms with Gasteiger partial charge in [0.05, 0.1) is 0 Å². The Balaban J connectivity index is 0. The summed E-state index contributed by atoms with van der Waals surface area (Å²) < 4.78 is 8.22. The number of hydrogen-bond acceptors (Lipinski definition) is 4. The molecule has 0 aromatic heterocycles. The molecule has 0 saturated heterocycles. The first-order valence-electron chi connectivity index (χ1n) is 3.53. The van der Waals surface area contributed by atoms with Crippen LogP contribution < -0.4 is 5.32 Å². The molecule has 0 aliphatic rings. The molecule has 1 amide bonds. The van der Waals surface area contributed by atoms with Gasteiger partial charge in [-0.15, -0.1) is 0 Å². The second-order valence-electron chi connectivity index (χ2n) is 1.86. The van der Waals surface area contributed by atoms with Gasteiger partial charge in [0.25, 0.3) is 0 Å². The minimum atomic E-state index is -0.0710. The zero-order valence-corrected chi connectivity index (χ0v) is 10.5. The van der Waals surface area contributed by atoms with Gasteiger partial charge in [0.1, 0.15) is 0 Å². The second-order valence-corrected chi connectivity index (χ2v) is 2.68. The Morgan fingerprint density at radius 1 is 1.31 bits per heavy atom. The van der Waals surface area contributed by atoms with Gasteiger partial charge >= 0.3 is 22.4 Å². The van der Waals surface area contributed by atoms with Crippen molar-refractivity contribution in [2.75, 3.05) is 31.1 Å². The van der Waals surface area contributed by atoms with E-state index in [2.05, 4.69) is 35.9 Å². The van der Waals surface area contributed by atoms with Crippen LogP contribution in [0.2, 0.25) is 0 Å². The van der Waals surface area contributed by atoms with E-state index in [4.69, 9.17) is 3.50 Å². The number of amides is 1. The van der Waals surface area contributed by atoms with Gasteiger partial charge in [0, 0.05) is 0 Å². The number of carbonyl (C=O) groups excluding carboxylic acids is 1. The fraction of sp³-hybridized carbons (Fsp3) is 0.833. The maximum atomic E-state index is 10.8. The van der Waals surface area contributed by atoms with Crippen LogP contribution in [0.25, 0.3) is 5.32 Å². The quantitative estimate of drug-likeness (QED) is 0.528. The molecule has 0 rings (SSSR count). The Hall–Kier alpha value is 0.579. The van der Waals surface area contributed by atoms with Gasteiger partial charge in [-0.1, -0.05) is 6.54 Å². The van der Waals surface area contributed by atoms with Crippen molar-refractivity contribution >= 4 is 31.2 Å². The molecule has 0 spiro atoms. The molecule has 0 fully saturated rings. The van der Waals surface area contributed by atoms with Crippen molar-refractivity contribution in [1.29, 1.82) is 0 Å². The number of rotatable bonds is 6. The predicted molar refractivity (Wildman–Crippen MR) is 51.3 cm³/mol. The fourth-order valence-electron chi connectivity index (χ4n) is 0.492. The Morgan fingerprint density at radius 2 is 1.92 bits per heavy atom. The van der Waals surface area contributed by atoms with Crippen LogP contribution in [0.3, 0.4) is 0 Å². The van der Waals surface area contributed by atoms with Gasteiger partial charge in [0.15, 0.2) is 5.91 Å². The van der Waals surface area contributed by atoms with Crippen molar-refractivity contribution < 1.29 is 27.2 Å². The molecule has 0 aromatic carbocycles. The van der Waals surface area contributed by atoms with Gasteiger partial charge < -0.3 is 35.9 Å². The molecule has 7 heteroatoms. The average molecular weight is 306 g/mol. The van der Waals surface area contributed by atoms with Gasteiger partial charge in [-0.3, -0.25) is 4.79 Å². The number of nitrogens with one attached hydrogen (secondary N) is 1. The van der Waals surface area contributed by atoms with Crippen LogP contribution in [0.4, 0.5) is 0 Å². The number of carbonyl (C=O) groups is 1. The van der Waals surface area contributed by atoms with Crippen LogP contribution in [-0.4, -0.2) is 37.0 Å².